The molecule has 0 aliphatic carbocycles. The number of hydrogen-bond acceptors (Lipinski definition) is 0. The van der Waals surface area contributed by atoms with E-state index in [1.807, 2.05) is 0 Å². The van der Waals surface area contributed by atoms with Gasteiger partial charge in [0.05, 0.1) is 0 Å². The molecule has 0 aliphatic rings. The van der Waals surface area contributed by atoms with Gasteiger partial charge in [-0.25, -0.2) is 0 Å². The zero-order valence-electron chi connectivity index (χ0n) is 5.78. The third-order valence-corrected chi connectivity index (χ3v) is 0. The predicted molar refractivity (Wildman–Crippen MR) is 18.5 cm³/mol. The summed E-state index contributed by atoms with van der Waals surface area (Å²) < 4.78 is 0. The molecule has 0 aromatic heterocycles. The van der Waals surface area contributed by atoms with Crippen LogP contribution in [0.4, 0.5) is 0 Å². The van der Waals surface area contributed by atoms with Gasteiger partial charge in [0.25, 0.3) is 0 Å². The minimum atomic E-state index is 0. The summed E-state index contributed by atoms with van der Waals surface area (Å²) in [5.41, 5.74) is 0. The maximum atomic E-state index is 0. The van der Waals surface area contributed by atoms with E-state index in [0.29, 0.717) is 0 Å². The van der Waals surface area contributed by atoms with Crippen LogP contribution in [0.25, 0.3) is 0 Å². The summed E-state index contributed by atoms with van der Waals surface area (Å²) in [6.45, 7) is 0. The van der Waals surface area contributed by atoms with Crippen molar-refractivity contribution in [3.63, 3.8) is 0 Å². The summed E-state index contributed by atoms with van der Waals surface area (Å²) in [5, 5.41) is 0. The van der Waals surface area contributed by atoms with Crippen LogP contribution in [-0.4, -0.2) is 62.8 Å². The van der Waals surface area contributed by atoms with Crippen molar-refractivity contribution < 1.29 is 28.6 Å². The summed E-state index contributed by atoms with van der Waals surface area (Å²) >= 11 is 0. The summed E-state index contributed by atoms with van der Waals surface area (Å²) in [6.07, 6.45) is 0. The minimum absolute atomic E-state index is 0. The Labute approximate surface area is 84.5 Å². The molecule has 0 rings (SSSR count). The van der Waals surface area contributed by atoms with E-state index in [0.717, 1.165) is 0 Å². The third kappa shape index (κ3) is 8.89. The maximum absolute atomic E-state index is 0. The van der Waals surface area contributed by atoms with E-state index < -0.39 is 0 Å². The molecule has 0 saturated carbocycles. The summed E-state index contributed by atoms with van der Waals surface area (Å²) in [7, 11) is 0. The van der Waals surface area contributed by atoms with Gasteiger partial charge < -0.3 is 9.76 Å². The van der Waals surface area contributed by atoms with Crippen LogP contribution < -0.4 is 18.9 Å². The van der Waals surface area contributed by atoms with Gasteiger partial charge in [0.2, 0.25) is 0 Å². The van der Waals surface area contributed by atoms with Crippen LogP contribution >= 0.6 is 0 Å². The van der Waals surface area contributed by atoms with E-state index >= 15 is 0 Å². The Balaban J connectivity index is 0. The Bertz CT molecular complexity index is 14.9. The van der Waals surface area contributed by atoms with Crippen LogP contribution in [0.3, 0.4) is 0 Å². The second-order valence-corrected chi connectivity index (χ2v) is 0. The monoisotopic (exact) mass is 177 g/mol. The fourth-order valence-corrected chi connectivity index (χ4v) is 0. The SMILES string of the molecule is O.[B].[Ba+2].[H-].[H-].[H-].[Li+]. The number of rotatable bonds is 0. The molecule has 0 heterocycles. The molecule has 4 heteroatoms. The van der Waals surface area contributed by atoms with Gasteiger partial charge in [0.15, 0.2) is 0 Å². The van der Waals surface area contributed by atoms with Crippen LogP contribution in [0.1, 0.15) is 4.28 Å². The average molecular weight is 176 g/mol. The van der Waals surface area contributed by atoms with E-state index in [2.05, 4.69) is 0 Å². The molecule has 0 saturated heterocycles. The van der Waals surface area contributed by atoms with Crippen molar-refractivity contribution in [2.45, 2.75) is 0 Å². The van der Waals surface area contributed by atoms with Gasteiger partial charge in [-0.15, -0.1) is 0 Å². The van der Waals surface area contributed by atoms with Crippen molar-refractivity contribution >= 4 is 57.3 Å². The number of hydrogen-bond donors (Lipinski definition) is 0. The quantitative estimate of drug-likeness (QED) is 0.335. The Kier molecular flexibility index (Phi) is 165. The first-order valence-corrected chi connectivity index (χ1v) is 0. The molecule has 2 N–H and O–H groups in total. The molecule has 0 spiro atoms. The van der Waals surface area contributed by atoms with Gasteiger partial charge in [-0.3, -0.25) is 0 Å². The Hall–Kier alpha value is 2.19. The van der Waals surface area contributed by atoms with Crippen LogP contribution in [0.5, 0.6) is 0 Å². The molecular formula is H5BBaLiO. The molecule has 0 amide bonds. The van der Waals surface area contributed by atoms with Gasteiger partial charge in [-0.1, -0.05) is 0 Å². The van der Waals surface area contributed by atoms with E-state index in [4.69, 9.17) is 0 Å². The molecule has 0 fully saturated rings. The molecule has 0 atom stereocenters. The average Bonchev–Trinajstić information content (AvgIpc) is 0. The van der Waals surface area contributed by atoms with Crippen LogP contribution in [0.15, 0.2) is 0 Å². The Morgan fingerprint density at radius 3 is 1.25 bits per heavy atom. The second kappa shape index (κ2) is 19.0. The van der Waals surface area contributed by atoms with Gasteiger partial charge in [-0.05, 0) is 0 Å². The van der Waals surface area contributed by atoms with Crippen molar-refractivity contribution in [2.75, 3.05) is 0 Å². The van der Waals surface area contributed by atoms with Crippen molar-refractivity contribution in [2.24, 2.45) is 0 Å². The zero-order chi connectivity index (χ0) is 0. The normalized spacial score (nSPS) is 0. The van der Waals surface area contributed by atoms with E-state index in [-0.39, 0.29) is 85.9 Å². The first-order valence-electron chi connectivity index (χ1n) is 0. The molecule has 0 bridgehead atoms. The van der Waals surface area contributed by atoms with E-state index in [1.54, 1.807) is 0 Å². The summed E-state index contributed by atoms with van der Waals surface area (Å²) in [4.78, 5) is 0. The van der Waals surface area contributed by atoms with E-state index in [9.17, 15) is 0 Å². The molecule has 0 aromatic carbocycles. The molecule has 3 radical (unpaired) electrons. The first-order chi connectivity index (χ1) is 0. The van der Waals surface area contributed by atoms with Crippen LogP contribution in [0, 0.1) is 0 Å². The Morgan fingerprint density at radius 1 is 1.25 bits per heavy atom. The van der Waals surface area contributed by atoms with E-state index in [1.165, 1.54) is 0 Å². The largest absolute Gasteiger partial charge is 2.00 e. The molecular weight excluding hydrogens is 171 g/mol. The fraction of sp³-hybridized carbons (Fsp3) is 0. The molecule has 0 unspecified atom stereocenters. The van der Waals surface area contributed by atoms with Gasteiger partial charge in [0, 0.05) is 8.41 Å². The Morgan fingerprint density at radius 2 is 1.25 bits per heavy atom. The smallest absolute Gasteiger partial charge is 1.00 e. The van der Waals surface area contributed by atoms with Crippen molar-refractivity contribution in [3.8, 4) is 0 Å². The van der Waals surface area contributed by atoms with Crippen molar-refractivity contribution in [1.82, 2.24) is 0 Å². The zero-order valence-corrected chi connectivity index (χ0v) is 7.23. The molecule has 17 valence electrons. The van der Waals surface area contributed by atoms with Gasteiger partial charge in [-0.2, -0.15) is 0 Å². The predicted octanol–water partition coefficient (Wildman–Crippen LogP) is -4.24. The van der Waals surface area contributed by atoms with Crippen molar-refractivity contribution in [1.29, 1.82) is 0 Å². The summed E-state index contributed by atoms with van der Waals surface area (Å²) in [5.74, 6) is 0. The van der Waals surface area contributed by atoms with Gasteiger partial charge in [0.1, 0.15) is 0 Å². The molecule has 1 nitrogen and oxygen atoms in total. The summed E-state index contributed by atoms with van der Waals surface area (Å²) in [6, 6.07) is 0. The van der Waals surface area contributed by atoms with Gasteiger partial charge >= 0.3 is 67.7 Å². The third-order valence-electron chi connectivity index (χ3n) is 0. The maximum Gasteiger partial charge on any atom is 2.00 e. The van der Waals surface area contributed by atoms with Crippen LogP contribution in [0.2, 0.25) is 0 Å². The second-order valence-electron chi connectivity index (χ2n) is 0. The van der Waals surface area contributed by atoms with Crippen LogP contribution in [-0.2, 0) is 0 Å². The molecule has 0 aliphatic heterocycles. The van der Waals surface area contributed by atoms with Crippen molar-refractivity contribution in [3.05, 3.63) is 0 Å². The standard InChI is InChI=1S/B.Ba.Li.H2O.3H/h;;;1H2;;;/q;+2;+1;;3*-1. The molecule has 4 heavy (non-hydrogen) atoms. The topological polar surface area (TPSA) is 31.5 Å². The molecule has 0 aromatic rings. The minimum Gasteiger partial charge on any atom is -1.00 e. The first kappa shape index (κ1) is 34.7. The fourth-order valence-electron chi connectivity index (χ4n) is 0.